The summed E-state index contributed by atoms with van der Waals surface area (Å²) in [6.07, 6.45) is 4.06. The highest BCUT2D eigenvalue weighted by Gasteiger charge is 2.12. The van der Waals surface area contributed by atoms with Crippen molar-refractivity contribution in [3.8, 4) is 5.82 Å². The number of aryl methyl sites for hydroxylation is 1. The van der Waals surface area contributed by atoms with Gasteiger partial charge in [-0.25, -0.2) is 14.8 Å². The van der Waals surface area contributed by atoms with Crippen LogP contribution < -0.4 is 5.73 Å². The third-order valence-corrected chi connectivity index (χ3v) is 2.39. The summed E-state index contributed by atoms with van der Waals surface area (Å²) in [4.78, 5) is 19.0. The van der Waals surface area contributed by atoms with E-state index in [0.29, 0.717) is 17.9 Å². The van der Waals surface area contributed by atoms with Gasteiger partial charge in [0.2, 0.25) is 0 Å². The Morgan fingerprint density at radius 1 is 1.53 bits per heavy atom. The van der Waals surface area contributed by atoms with Crippen LogP contribution in [0.4, 0.5) is 5.69 Å². The van der Waals surface area contributed by atoms with Crippen LogP contribution >= 0.6 is 0 Å². The second-order valence-corrected chi connectivity index (χ2v) is 3.48. The number of carboxylic acid groups (broad SMARTS) is 1. The molecule has 0 aromatic carbocycles. The number of rotatable bonds is 3. The molecule has 0 atom stereocenters. The zero-order valence-electron chi connectivity index (χ0n) is 9.29. The Hall–Kier alpha value is -2.37. The van der Waals surface area contributed by atoms with Gasteiger partial charge in [0.25, 0.3) is 0 Å². The molecule has 0 amide bonds. The SMILES string of the molecule is CCc1nccn1-c1nc(C(=O)O)ccc1N. The summed E-state index contributed by atoms with van der Waals surface area (Å²) in [6, 6.07) is 2.91. The molecule has 2 aromatic rings. The maximum absolute atomic E-state index is 10.9. The van der Waals surface area contributed by atoms with Crippen molar-refractivity contribution in [2.75, 3.05) is 5.73 Å². The highest BCUT2D eigenvalue weighted by atomic mass is 16.4. The van der Waals surface area contributed by atoms with Crippen LogP contribution in [0.1, 0.15) is 23.2 Å². The first kappa shape index (κ1) is 11.1. The van der Waals surface area contributed by atoms with Gasteiger partial charge in [0, 0.05) is 18.8 Å². The minimum absolute atomic E-state index is 0.0371. The number of carboxylic acids is 1. The van der Waals surface area contributed by atoms with E-state index in [1.54, 1.807) is 17.0 Å². The monoisotopic (exact) mass is 232 g/mol. The van der Waals surface area contributed by atoms with Gasteiger partial charge in [0.05, 0.1) is 5.69 Å². The Labute approximate surface area is 97.7 Å². The van der Waals surface area contributed by atoms with E-state index in [9.17, 15) is 4.79 Å². The Kier molecular flexibility index (Phi) is 2.78. The van der Waals surface area contributed by atoms with Crippen molar-refractivity contribution < 1.29 is 9.90 Å². The first-order chi connectivity index (χ1) is 8.13. The minimum atomic E-state index is -1.08. The lowest BCUT2D eigenvalue weighted by molar-refractivity contribution is 0.0690. The predicted octanol–water partition coefficient (Wildman–Crippen LogP) is 1.11. The lowest BCUT2D eigenvalue weighted by Gasteiger charge is -2.09. The van der Waals surface area contributed by atoms with Gasteiger partial charge >= 0.3 is 5.97 Å². The second kappa shape index (κ2) is 4.25. The van der Waals surface area contributed by atoms with Gasteiger partial charge < -0.3 is 10.8 Å². The zero-order valence-corrected chi connectivity index (χ0v) is 9.29. The molecule has 2 aromatic heterocycles. The average Bonchev–Trinajstić information content (AvgIpc) is 2.77. The van der Waals surface area contributed by atoms with E-state index in [0.717, 1.165) is 5.82 Å². The van der Waals surface area contributed by atoms with Crippen molar-refractivity contribution in [1.29, 1.82) is 0 Å². The second-order valence-electron chi connectivity index (χ2n) is 3.48. The lowest BCUT2D eigenvalue weighted by atomic mass is 10.3. The molecule has 2 rings (SSSR count). The van der Waals surface area contributed by atoms with E-state index in [1.165, 1.54) is 12.1 Å². The van der Waals surface area contributed by atoms with E-state index >= 15 is 0 Å². The Morgan fingerprint density at radius 2 is 2.29 bits per heavy atom. The summed E-state index contributed by atoms with van der Waals surface area (Å²) in [5.74, 6) is 0.107. The molecule has 6 heteroatoms. The maximum atomic E-state index is 10.9. The number of aromatic carboxylic acids is 1. The number of nitrogens with two attached hydrogens (primary N) is 1. The van der Waals surface area contributed by atoms with Crippen LogP contribution in [0.15, 0.2) is 24.5 Å². The maximum Gasteiger partial charge on any atom is 0.354 e. The topological polar surface area (TPSA) is 94.0 Å². The van der Waals surface area contributed by atoms with E-state index in [4.69, 9.17) is 10.8 Å². The van der Waals surface area contributed by atoms with E-state index in [2.05, 4.69) is 9.97 Å². The highest BCUT2D eigenvalue weighted by molar-refractivity contribution is 5.86. The van der Waals surface area contributed by atoms with Crippen molar-refractivity contribution in [1.82, 2.24) is 14.5 Å². The van der Waals surface area contributed by atoms with Crippen molar-refractivity contribution >= 4 is 11.7 Å². The summed E-state index contributed by atoms with van der Waals surface area (Å²) in [5, 5.41) is 8.90. The molecule has 0 aliphatic rings. The third-order valence-electron chi connectivity index (χ3n) is 2.39. The smallest absolute Gasteiger partial charge is 0.354 e. The van der Waals surface area contributed by atoms with Crippen LogP contribution in [0.25, 0.3) is 5.82 Å². The molecule has 0 aliphatic carbocycles. The molecule has 0 fully saturated rings. The normalized spacial score (nSPS) is 10.4. The van der Waals surface area contributed by atoms with Crippen LogP contribution in [0, 0.1) is 0 Å². The summed E-state index contributed by atoms with van der Waals surface area (Å²) in [6.45, 7) is 1.95. The number of hydrogen-bond donors (Lipinski definition) is 2. The van der Waals surface area contributed by atoms with E-state index in [-0.39, 0.29) is 5.69 Å². The summed E-state index contributed by atoms with van der Waals surface area (Å²) in [5.41, 5.74) is 6.18. The van der Waals surface area contributed by atoms with Gasteiger partial charge in [0.15, 0.2) is 11.5 Å². The number of anilines is 1. The van der Waals surface area contributed by atoms with E-state index < -0.39 is 5.97 Å². The number of imidazole rings is 1. The third kappa shape index (κ3) is 1.96. The van der Waals surface area contributed by atoms with E-state index in [1.807, 2.05) is 6.92 Å². The number of hydrogen-bond acceptors (Lipinski definition) is 4. The van der Waals surface area contributed by atoms with Gasteiger partial charge in [-0.2, -0.15) is 0 Å². The van der Waals surface area contributed by atoms with Crippen LogP contribution in [-0.4, -0.2) is 25.6 Å². The van der Waals surface area contributed by atoms with Crippen molar-refractivity contribution in [2.24, 2.45) is 0 Å². The fraction of sp³-hybridized carbons (Fsp3) is 0.182. The summed E-state index contributed by atoms with van der Waals surface area (Å²) < 4.78 is 1.70. The molecule has 0 bridgehead atoms. The minimum Gasteiger partial charge on any atom is -0.477 e. The van der Waals surface area contributed by atoms with Crippen LogP contribution in [0.5, 0.6) is 0 Å². The van der Waals surface area contributed by atoms with Crippen LogP contribution in [0.3, 0.4) is 0 Å². The Morgan fingerprint density at radius 3 is 2.94 bits per heavy atom. The molecule has 0 aliphatic heterocycles. The molecule has 0 saturated carbocycles. The molecule has 0 radical (unpaired) electrons. The zero-order chi connectivity index (χ0) is 12.4. The molecule has 2 heterocycles. The van der Waals surface area contributed by atoms with Gasteiger partial charge in [0.1, 0.15) is 5.82 Å². The number of nitrogen functional groups attached to an aromatic ring is 1. The average molecular weight is 232 g/mol. The number of pyridine rings is 1. The fourth-order valence-corrected chi connectivity index (χ4v) is 1.56. The predicted molar refractivity (Wildman–Crippen MR) is 62.1 cm³/mol. The van der Waals surface area contributed by atoms with Crippen molar-refractivity contribution in [2.45, 2.75) is 13.3 Å². The molecule has 0 spiro atoms. The van der Waals surface area contributed by atoms with Gasteiger partial charge in [-0.3, -0.25) is 4.57 Å². The van der Waals surface area contributed by atoms with Crippen molar-refractivity contribution in [3.63, 3.8) is 0 Å². The molecule has 17 heavy (non-hydrogen) atoms. The Balaban J connectivity index is 2.58. The van der Waals surface area contributed by atoms with Gasteiger partial charge in [-0.15, -0.1) is 0 Å². The lowest BCUT2D eigenvalue weighted by Crippen LogP contribution is -2.09. The van der Waals surface area contributed by atoms with Crippen molar-refractivity contribution in [3.05, 3.63) is 36.0 Å². The molecule has 0 unspecified atom stereocenters. The number of carbonyl (C=O) groups is 1. The summed E-state index contributed by atoms with van der Waals surface area (Å²) >= 11 is 0. The summed E-state index contributed by atoms with van der Waals surface area (Å²) in [7, 11) is 0. The number of nitrogens with zero attached hydrogens (tertiary/aromatic N) is 3. The quantitative estimate of drug-likeness (QED) is 0.826. The van der Waals surface area contributed by atoms with Crippen LogP contribution in [-0.2, 0) is 6.42 Å². The molecular weight excluding hydrogens is 220 g/mol. The fourth-order valence-electron chi connectivity index (χ4n) is 1.56. The number of aromatic nitrogens is 3. The first-order valence-corrected chi connectivity index (χ1v) is 5.16. The van der Waals surface area contributed by atoms with Gasteiger partial charge in [-0.1, -0.05) is 6.92 Å². The standard InChI is InChI=1S/C11H12N4O2/c1-2-9-13-5-6-15(9)10-7(12)3-4-8(14-10)11(16)17/h3-6H,2,12H2,1H3,(H,16,17). The molecule has 3 N–H and O–H groups in total. The largest absolute Gasteiger partial charge is 0.477 e. The molecule has 88 valence electrons. The highest BCUT2D eigenvalue weighted by Crippen LogP contribution is 2.17. The first-order valence-electron chi connectivity index (χ1n) is 5.16. The van der Waals surface area contributed by atoms with Gasteiger partial charge in [-0.05, 0) is 12.1 Å². The molecular formula is C11H12N4O2. The molecule has 6 nitrogen and oxygen atoms in total. The Bertz CT molecular complexity index is 562. The molecule has 0 saturated heterocycles. The van der Waals surface area contributed by atoms with Crippen LogP contribution in [0.2, 0.25) is 0 Å².